The first-order chi connectivity index (χ1) is 19.3. The van der Waals surface area contributed by atoms with Crippen LogP contribution in [0.1, 0.15) is 64.5 Å². The number of nitrogen functional groups attached to an aromatic ring is 1. The van der Waals surface area contributed by atoms with E-state index in [9.17, 15) is 4.79 Å². The number of ether oxygens (including phenoxy) is 2. The second-order valence-electron chi connectivity index (χ2n) is 10.5. The molecule has 1 aromatic heterocycles. The molecular weight excluding hydrogens is 502 g/mol. The second-order valence-corrected chi connectivity index (χ2v) is 10.5. The van der Waals surface area contributed by atoms with E-state index in [1.54, 1.807) is 7.11 Å². The van der Waals surface area contributed by atoms with Crippen molar-refractivity contribution in [2.45, 2.75) is 66.0 Å². The van der Waals surface area contributed by atoms with Crippen molar-refractivity contribution in [3.05, 3.63) is 71.8 Å². The molecule has 0 amide bonds. The molecule has 0 aliphatic heterocycles. The number of carbonyl (C=O) groups excluding carboxylic acids is 1. The average Bonchev–Trinajstić information content (AvgIpc) is 3.23. The fourth-order valence-electron chi connectivity index (χ4n) is 5.22. The first-order valence-electron chi connectivity index (χ1n) is 14.2. The van der Waals surface area contributed by atoms with Gasteiger partial charge in [0.25, 0.3) is 0 Å². The highest BCUT2D eigenvalue weighted by Crippen LogP contribution is 2.33. The van der Waals surface area contributed by atoms with Gasteiger partial charge in [0, 0.05) is 59.2 Å². The molecule has 0 spiro atoms. The number of rotatable bonds is 13. The minimum atomic E-state index is -0.478. The number of nitrogens with zero attached hydrogens (tertiary/aromatic N) is 2. The number of hydrogen-bond acceptors (Lipinski definition) is 6. The van der Waals surface area contributed by atoms with E-state index in [4.69, 9.17) is 20.0 Å². The molecule has 212 valence electrons. The molecule has 7 nitrogen and oxygen atoms in total. The summed E-state index contributed by atoms with van der Waals surface area (Å²) in [6, 6.07) is 20.0. The largest absolute Gasteiger partial charge is 0.488 e. The van der Waals surface area contributed by atoms with Crippen molar-refractivity contribution in [3.63, 3.8) is 0 Å². The summed E-state index contributed by atoms with van der Waals surface area (Å²) >= 11 is 0. The number of nitrogens with two attached hydrogens (primary N) is 1. The van der Waals surface area contributed by atoms with Crippen molar-refractivity contribution in [2.75, 3.05) is 19.5 Å². The van der Waals surface area contributed by atoms with Gasteiger partial charge >= 0.3 is 5.97 Å². The normalized spacial score (nSPS) is 13.5. The highest BCUT2D eigenvalue weighted by atomic mass is 16.7. The van der Waals surface area contributed by atoms with Crippen molar-refractivity contribution in [2.24, 2.45) is 11.1 Å². The van der Waals surface area contributed by atoms with Gasteiger partial charge in [-0.15, -0.1) is 0 Å². The van der Waals surface area contributed by atoms with E-state index in [-0.39, 0.29) is 6.10 Å². The molecule has 4 aromatic rings. The molecule has 0 saturated heterocycles. The third-order valence-corrected chi connectivity index (χ3v) is 7.28. The van der Waals surface area contributed by atoms with E-state index in [1.807, 2.05) is 49.4 Å². The van der Waals surface area contributed by atoms with Gasteiger partial charge < -0.3 is 24.6 Å². The smallest absolute Gasteiger partial charge is 0.332 e. The van der Waals surface area contributed by atoms with Crippen LogP contribution in [0.4, 0.5) is 5.69 Å². The number of benzene rings is 3. The molecular formula is C33H41N3O4. The number of hydrogen-bond donors (Lipinski definition) is 1. The Balaban J connectivity index is 1.78. The Morgan fingerprint density at radius 3 is 2.30 bits per heavy atom. The lowest BCUT2D eigenvalue weighted by molar-refractivity contribution is -0.140. The van der Waals surface area contributed by atoms with Crippen molar-refractivity contribution in [1.29, 1.82) is 0 Å². The van der Waals surface area contributed by atoms with Gasteiger partial charge in [-0.1, -0.05) is 44.3 Å². The van der Waals surface area contributed by atoms with Gasteiger partial charge in [0.05, 0.1) is 6.61 Å². The highest BCUT2D eigenvalue weighted by Gasteiger charge is 2.18. The zero-order chi connectivity index (χ0) is 28.6. The molecule has 2 unspecified atom stereocenters. The van der Waals surface area contributed by atoms with Crippen LogP contribution in [0.15, 0.2) is 65.8 Å². The second kappa shape index (κ2) is 13.5. The zero-order valence-electron chi connectivity index (χ0n) is 24.3. The standard InChI is InChI=1S/C33H41N3O4/c1-6-8-9-24(7-2)20-36-31-16-12-26(18-29(31)30-19-27(34)13-17-32(30)36)33(35-40-23(4)37)25-10-14-28(15-11-25)39-22(3)21-38-5/h10-19,22,24H,6-9,20-21,34H2,1-5H3/b35-33+. The van der Waals surface area contributed by atoms with Crippen molar-refractivity contribution in [1.82, 2.24) is 4.57 Å². The van der Waals surface area contributed by atoms with Gasteiger partial charge in [-0.3, -0.25) is 0 Å². The zero-order valence-corrected chi connectivity index (χ0v) is 24.3. The van der Waals surface area contributed by atoms with E-state index < -0.39 is 5.97 Å². The molecule has 2 N–H and O–H groups in total. The van der Waals surface area contributed by atoms with Crippen molar-refractivity contribution >= 4 is 39.2 Å². The van der Waals surface area contributed by atoms with Crippen LogP contribution >= 0.6 is 0 Å². The molecule has 2 atom stereocenters. The highest BCUT2D eigenvalue weighted by molar-refractivity contribution is 6.17. The monoisotopic (exact) mass is 543 g/mol. The number of anilines is 1. The summed E-state index contributed by atoms with van der Waals surface area (Å²) in [6.07, 6.45) is 4.71. The van der Waals surface area contributed by atoms with E-state index >= 15 is 0 Å². The fourth-order valence-corrected chi connectivity index (χ4v) is 5.22. The number of carbonyl (C=O) groups is 1. The molecule has 1 heterocycles. The summed E-state index contributed by atoms with van der Waals surface area (Å²) in [5.74, 6) is 0.848. The molecule has 0 saturated carbocycles. The lowest BCUT2D eigenvalue weighted by Gasteiger charge is -2.17. The quantitative estimate of drug-likeness (QED) is 0.0826. The number of aromatic nitrogens is 1. The summed E-state index contributed by atoms with van der Waals surface area (Å²) in [6.45, 7) is 9.27. The van der Waals surface area contributed by atoms with Gasteiger partial charge in [-0.2, -0.15) is 0 Å². The predicted octanol–water partition coefficient (Wildman–Crippen LogP) is 7.32. The van der Waals surface area contributed by atoms with Crippen LogP contribution in [0.5, 0.6) is 5.75 Å². The molecule has 0 aliphatic carbocycles. The minimum Gasteiger partial charge on any atom is -0.488 e. The fraction of sp³-hybridized carbons (Fsp3) is 0.394. The SMILES string of the molecule is CCCCC(CC)Cn1c2ccc(N)cc2c2cc(/C(=N/OC(C)=O)c3ccc(OC(C)COC)cc3)ccc21. The Bertz CT molecular complexity index is 1470. The summed E-state index contributed by atoms with van der Waals surface area (Å²) in [5, 5.41) is 6.46. The number of oxime groups is 1. The van der Waals surface area contributed by atoms with Crippen LogP contribution in [0, 0.1) is 5.92 Å². The minimum absolute atomic E-state index is 0.0773. The number of unbranched alkanes of at least 4 members (excludes halogenated alkanes) is 1. The van der Waals surface area contributed by atoms with E-state index in [2.05, 4.69) is 41.8 Å². The maximum Gasteiger partial charge on any atom is 0.332 e. The van der Waals surface area contributed by atoms with Crippen LogP contribution in [-0.2, 0) is 20.9 Å². The lowest BCUT2D eigenvalue weighted by Crippen LogP contribution is -2.17. The molecule has 0 radical (unpaired) electrons. The number of methoxy groups -OCH3 is 1. The Hall–Kier alpha value is -3.84. The first-order valence-corrected chi connectivity index (χ1v) is 14.2. The number of fused-ring (bicyclic) bond motifs is 3. The third-order valence-electron chi connectivity index (χ3n) is 7.28. The van der Waals surface area contributed by atoms with Crippen LogP contribution < -0.4 is 10.5 Å². The molecule has 0 aliphatic rings. The molecule has 7 heteroatoms. The third kappa shape index (κ3) is 6.83. The van der Waals surface area contributed by atoms with Gasteiger partial charge in [-0.05, 0) is 73.9 Å². The maximum atomic E-state index is 11.7. The molecule has 3 aromatic carbocycles. The Morgan fingerprint density at radius 1 is 0.975 bits per heavy atom. The summed E-state index contributed by atoms with van der Waals surface area (Å²) in [4.78, 5) is 16.8. The molecule has 0 bridgehead atoms. The average molecular weight is 544 g/mol. The Kier molecular flexibility index (Phi) is 9.83. The topological polar surface area (TPSA) is 88.1 Å². The van der Waals surface area contributed by atoms with Gasteiger partial charge in [0.2, 0.25) is 0 Å². The molecule has 40 heavy (non-hydrogen) atoms. The predicted molar refractivity (Wildman–Crippen MR) is 163 cm³/mol. The van der Waals surface area contributed by atoms with E-state index in [0.29, 0.717) is 18.2 Å². The van der Waals surface area contributed by atoms with Crippen molar-refractivity contribution < 1.29 is 19.1 Å². The van der Waals surface area contributed by atoms with Crippen LogP contribution in [-0.4, -0.2) is 36.1 Å². The Morgan fingerprint density at radius 2 is 1.65 bits per heavy atom. The Labute approximate surface area is 236 Å². The first kappa shape index (κ1) is 29.2. The lowest BCUT2D eigenvalue weighted by atomic mass is 9.99. The summed E-state index contributed by atoms with van der Waals surface area (Å²) in [7, 11) is 1.65. The van der Waals surface area contributed by atoms with E-state index in [1.165, 1.54) is 31.7 Å². The van der Waals surface area contributed by atoms with Gasteiger partial charge in [0.1, 0.15) is 17.6 Å². The molecule has 4 rings (SSSR count). The van der Waals surface area contributed by atoms with Crippen LogP contribution in [0.3, 0.4) is 0 Å². The summed E-state index contributed by atoms with van der Waals surface area (Å²) < 4.78 is 13.5. The maximum absolute atomic E-state index is 11.7. The van der Waals surface area contributed by atoms with Crippen molar-refractivity contribution in [3.8, 4) is 5.75 Å². The molecule has 0 fully saturated rings. The van der Waals surface area contributed by atoms with Crippen LogP contribution in [0.25, 0.3) is 21.8 Å². The van der Waals surface area contributed by atoms with Gasteiger partial charge in [0.15, 0.2) is 0 Å². The van der Waals surface area contributed by atoms with E-state index in [0.717, 1.165) is 51.8 Å². The van der Waals surface area contributed by atoms with Crippen LogP contribution in [0.2, 0.25) is 0 Å². The summed E-state index contributed by atoms with van der Waals surface area (Å²) in [5.41, 5.74) is 11.5. The van der Waals surface area contributed by atoms with Gasteiger partial charge in [-0.25, -0.2) is 4.79 Å².